The normalized spacial score (nSPS) is 10.7. The van der Waals surface area contributed by atoms with Crippen molar-refractivity contribution in [1.82, 2.24) is 9.97 Å². The summed E-state index contributed by atoms with van der Waals surface area (Å²) in [4.78, 5) is 21.4. The van der Waals surface area contributed by atoms with Gasteiger partial charge in [0.05, 0.1) is 24.0 Å². The zero-order valence-corrected chi connectivity index (χ0v) is 15.0. The second kappa shape index (κ2) is 7.38. The molecule has 4 nitrogen and oxygen atoms in total. The van der Waals surface area contributed by atoms with Crippen molar-refractivity contribution in [3.8, 4) is 11.3 Å². The lowest BCUT2D eigenvalue weighted by molar-refractivity contribution is -0.115. The molecule has 0 spiro atoms. The molecular weight excluding hydrogens is 334 g/mol. The van der Waals surface area contributed by atoms with E-state index in [2.05, 4.69) is 27.4 Å². The predicted octanol–water partition coefficient (Wildman–Crippen LogP) is 4.79. The smallest absolute Gasteiger partial charge is 0.229 e. The van der Waals surface area contributed by atoms with Gasteiger partial charge < -0.3 is 5.32 Å². The number of carbonyl (C=O) groups excluding carboxylic acids is 1. The molecule has 132 valence electrons. The average Bonchev–Trinajstić information content (AvgIpc) is 2.70. The quantitative estimate of drug-likeness (QED) is 0.574. The van der Waals surface area contributed by atoms with E-state index in [1.807, 2.05) is 67.6 Å². The van der Waals surface area contributed by atoms with Gasteiger partial charge in [-0.25, -0.2) is 9.97 Å². The van der Waals surface area contributed by atoms with Gasteiger partial charge in [-0.3, -0.25) is 4.79 Å². The first kappa shape index (κ1) is 16.9. The minimum Gasteiger partial charge on any atom is -0.309 e. The van der Waals surface area contributed by atoms with E-state index < -0.39 is 0 Å². The maximum atomic E-state index is 12.4. The molecule has 0 bridgehead atoms. The van der Waals surface area contributed by atoms with Crippen molar-refractivity contribution >= 4 is 22.5 Å². The van der Waals surface area contributed by atoms with Crippen LogP contribution in [0.25, 0.3) is 22.0 Å². The van der Waals surface area contributed by atoms with Gasteiger partial charge in [0.15, 0.2) is 5.82 Å². The number of benzene rings is 3. The van der Waals surface area contributed by atoms with Gasteiger partial charge in [-0.15, -0.1) is 0 Å². The van der Waals surface area contributed by atoms with Crippen LogP contribution in [0.3, 0.4) is 0 Å². The summed E-state index contributed by atoms with van der Waals surface area (Å²) in [7, 11) is 0. The number of nitrogens with zero attached hydrogens (tertiary/aromatic N) is 2. The van der Waals surface area contributed by atoms with Gasteiger partial charge in [-0.2, -0.15) is 0 Å². The molecule has 1 heterocycles. The molecule has 0 unspecified atom stereocenters. The van der Waals surface area contributed by atoms with Gasteiger partial charge in [0.2, 0.25) is 5.91 Å². The lowest BCUT2D eigenvalue weighted by Crippen LogP contribution is -2.16. The Morgan fingerprint density at radius 1 is 0.926 bits per heavy atom. The van der Waals surface area contributed by atoms with Crippen LogP contribution in [0, 0.1) is 6.92 Å². The monoisotopic (exact) mass is 353 g/mol. The van der Waals surface area contributed by atoms with Gasteiger partial charge in [0.25, 0.3) is 0 Å². The molecule has 3 aromatic carbocycles. The Hall–Kier alpha value is -3.53. The van der Waals surface area contributed by atoms with E-state index in [4.69, 9.17) is 0 Å². The van der Waals surface area contributed by atoms with E-state index in [1.165, 1.54) is 5.39 Å². The van der Waals surface area contributed by atoms with Crippen LogP contribution in [0.5, 0.6) is 0 Å². The highest BCUT2D eigenvalue weighted by Gasteiger charge is 2.10. The van der Waals surface area contributed by atoms with Crippen LogP contribution in [0.2, 0.25) is 0 Å². The lowest BCUT2D eigenvalue weighted by atomic mass is 10.0. The number of hydrogen-bond acceptors (Lipinski definition) is 3. The maximum absolute atomic E-state index is 12.4. The fraction of sp³-hybridized carbons (Fsp3) is 0.0870. The van der Waals surface area contributed by atoms with Crippen LogP contribution in [0.15, 0.2) is 79.0 Å². The molecule has 0 atom stereocenters. The van der Waals surface area contributed by atoms with Crippen molar-refractivity contribution < 1.29 is 4.79 Å². The Bertz CT molecular complexity index is 1110. The Kier molecular flexibility index (Phi) is 4.62. The zero-order valence-electron chi connectivity index (χ0n) is 15.0. The first-order valence-electron chi connectivity index (χ1n) is 8.85. The highest BCUT2D eigenvalue weighted by atomic mass is 16.1. The second-order valence-electron chi connectivity index (χ2n) is 6.46. The summed E-state index contributed by atoms with van der Waals surface area (Å²) in [5.74, 6) is 0.399. The van der Waals surface area contributed by atoms with E-state index in [0.717, 1.165) is 22.2 Å². The summed E-state index contributed by atoms with van der Waals surface area (Å²) < 4.78 is 0. The van der Waals surface area contributed by atoms with E-state index in [-0.39, 0.29) is 5.91 Å². The number of rotatable bonds is 4. The first-order valence-corrected chi connectivity index (χ1v) is 8.85. The highest BCUT2D eigenvalue weighted by Crippen LogP contribution is 2.19. The van der Waals surface area contributed by atoms with Crippen molar-refractivity contribution in [2.45, 2.75) is 13.3 Å². The largest absolute Gasteiger partial charge is 0.309 e. The lowest BCUT2D eigenvalue weighted by Gasteiger charge is -2.09. The van der Waals surface area contributed by atoms with Gasteiger partial charge >= 0.3 is 0 Å². The molecule has 0 aliphatic heterocycles. The molecular formula is C23H19N3O. The van der Waals surface area contributed by atoms with Gasteiger partial charge in [0, 0.05) is 5.56 Å². The van der Waals surface area contributed by atoms with Crippen LogP contribution in [0.1, 0.15) is 11.3 Å². The van der Waals surface area contributed by atoms with Crippen LogP contribution in [0.4, 0.5) is 5.82 Å². The van der Waals surface area contributed by atoms with Crippen LogP contribution >= 0.6 is 0 Å². The summed E-state index contributed by atoms with van der Waals surface area (Å²) >= 11 is 0. The number of hydrogen-bond donors (Lipinski definition) is 1. The molecule has 4 rings (SSSR count). The molecule has 0 aliphatic rings. The third-order valence-corrected chi connectivity index (χ3v) is 4.45. The van der Waals surface area contributed by atoms with Gasteiger partial charge in [-0.05, 0) is 23.3 Å². The molecule has 4 heteroatoms. The number of anilines is 1. The zero-order chi connectivity index (χ0) is 18.6. The molecule has 0 saturated heterocycles. The second-order valence-corrected chi connectivity index (χ2v) is 6.46. The van der Waals surface area contributed by atoms with Crippen LogP contribution < -0.4 is 5.32 Å². The topological polar surface area (TPSA) is 54.9 Å². The minimum atomic E-state index is -0.102. The van der Waals surface area contributed by atoms with E-state index in [0.29, 0.717) is 17.9 Å². The molecule has 1 aromatic heterocycles. The van der Waals surface area contributed by atoms with E-state index in [9.17, 15) is 4.79 Å². The van der Waals surface area contributed by atoms with Crippen LogP contribution in [-0.2, 0) is 11.2 Å². The Balaban J connectivity index is 1.49. The molecule has 0 fully saturated rings. The van der Waals surface area contributed by atoms with Crippen molar-refractivity contribution in [1.29, 1.82) is 0 Å². The van der Waals surface area contributed by atoms with Crippen molar-refractivity contribution in [2.75, 3.05) is 5.32 Å². The van der Waals surface area contributed by atoms with Gasteiger partial charge in [-0.1, -0.05) is 72.8 Å². The molecule has 0 saturated carbocycles. The Labute approximate surface area is 157 Å². The number of amides is 1. The Morgan fingerprint density at radius 3 is 2.44 bits per heavy atom. The molecule has 4 aromatic rings. The summed E-state index contributed by atoms with van der Waals surface area (Å²) in [5, 5.41) is 5.17. The molecule has 0 radical (unpaired) electrons. The van der Waals surface area contributed by atoms with E-state index in [1.54, 1.807) is 6.20 Å². The molecule has 27 heavy (non-hydrogen) atoms. The summed E-state index contributed by atoms with van der Waals surface area (Å²) in [6.07, 6.45) is 1.99. The number of aromatic nitrogens is 2. The van der Waals surface area contributed by atoms with Crippen molar-refractivity contribution in [3.05, 3.63) is 90.3 Å². The molecule has 1 N–H and O–H groups in total. The predicted molar refractivity (Wildman–Crippen MR) is 108 cm³/mol. The molecule has 0 aliphatic carbocycles. The fourth-order valence-corrected chi connectivity index (χ4v) is 3.06. The first-order chi connectivity index (χ1) is 13.2. The summed E-state index contributed by atoms with van der Waals surface area (Å²) in [5.41, 5.74) is 3.46. The highest BCUT2D eigenvalue weighted by molar-refractivity contribution is 5.93. The third-order valence-electron chi connectivity index (χ3n) is 4.45. The third kappa shape index (κ3) is 3.85. The number of nitrogens with one attached hydrogen (secondary N) is 1. The SMILES string of the molecule is Cc1nc(-c2ccccc2)cnc1NC(=O)Cc1ccc2ccccc2c1. The van der Waals surface area contributed by atoms with E-state index >= 15 is 0 Å². The fourth-order valence-electron chi connectivity index (χ4n) is 3.06. The average molecular weight is 353 g/mol. The molecule has 1 amide bonds. The summed E-state index contributed by atoms with van der Waals surface area (Å²) in [6.45, 7) is 1.85. The number of aryl methyl sites for hydroxylation is 1. The number of fused-ring (bicyclic) bond motifs is 1. The van der Waals surface area contributed by atoms with Crippen molar-refractivity contribution in [3.63, 3.8) is 0 Å². The Morgan fingerprint density at radius 2 is 1.67 bits per heavy atom. The van der Waals surface area contributed by atoms with Crippen LogP contribution in [-0.4, -0.2) is 15.9 Å². The van der Waals surface area contributed by atoms with Gasteiger partial charge in [0.1, 0.15) is 0 Å². The number of carbonyl (C=O) groups is 1. The minimum absolute atomic E-state index is 0.102. The maximum Gasteiger partial charge on any atom is 0.229 e. The standard InChI is InChI=1S/C23H19N3O/c1-16-23(24-15-21(25-16)19-8-3-2-4-9-19)26-22(27)14-17-11-12-18-7-5-6-10-20(18)13-17/h2-13,15H,14H2,1H3,(H,24,26,27). The summed E-state index contributed by atoms with van der Waals surface area (Å²) in [6, 6.07) is 24.1. The van der Waals surface area contributed by atoms with Crippen molar-refractivity contribution in [2.24, 2.45) is 0 Å².